The number of aryl methyl sites for hydroxylation is 2. The minimum absolute atomic E-state index is 0.347. The molecule has 1 aromatic heterocycles. The minimum atomic E-state index is -0.541. The number of hydrogen-bond donors (Lipinski definition) is 1. The molecule has 3 aromatic rings. The van der Waals surface area contributed by atoms with Crippen molar-refractivity contribution < 1.29 is 14.3 Å². The number of carbonyl (C=O) groups is 2. The number of carbonyl (C=O) groups excluding carboxylic acids is 2. The van der Waals surface area contributed by atoms with E-state index < -0.39 is 5.97 Å². The molecule has 1 heterocycles. The first-order chi connectivity index (χ1) is 12.4. The summed E-state index contributed by atoms with van der Waals surface area (Å²) >= 11 is 2.21. The highest BCUT2D eigenvalue weighted by Gasteiger charge is 2.15. The number of halogens is 1. The number of fused-ring (bicyclic) bond motifs is 1. The first kappa shape index (κ1) is 18.3. The standard InChI is InChI=1S/C20H17IN2O3/c1-12-9-14(21)7-8-17(12)23-19(24)11-26-20(25)16-10-13(2)22-18-6-4-3-5-15(16)18/h3-10H,11H2,1-2H3,(H,23,24). The normalized spacial score (nSPS) is 10.6. The topological polar surface area (TPSA) is 68.3 Å². The molecule has 0 atom stereocenters. The minimum Gasteiger partial charge on any atom is -0.452 e. The lowest BCUT2D eigenvalue weighted by atomic mass is 10.1. The molecule has 1 amide bonds. The SMILES string of the molecule is Cc1cc(C(=O)OCC(=O)Nc2ccc(I)cc2C)c2ccccc2n1. The zero-order valence-electron chi connectivity index (χ0n) is 14.4. The molecule has 2 aromatic carbocycles. The second-order valence-electron chi connectivity index (χ2n) is 5.91. The van der Waals surface area contributed by atoms with E-state index in [2.05, 4.69) is 32.9 Å². The molecule has 0 spiro atoms. The van der Waals surface area contributed by atoms with Crippen LogP contribution in [0.25, 0.3) is 10.9 Å². The molecule has 0 fully saturated rings. The van der Waals surface area contributed by atoms with Gasteiger partial charge in [-0.25, -0.2) is 4.79 Å². The summed E-state index contributed by atoms with van der Waals surface area (Å²) in [5.74, 6) is -0.918. The van der Waals surface area contributed by atoms with E-state index in [1.807, 2.05) is 56.3 Å². The first-order valence-corrected chi connectivity index (χ1v) is 9.11. The van der Waals surface area contributed by atoms with Gasteiger partial charge in [0, 0.05) is 20.3 Å². The van der Waals surface area contributed by atoms with Crippen LogP contribution in [0.1, 0.15) is 21.6 Å². The fourth-order valence-corrected chi connectivity index (χ4v) is 3.29. The van der Waals surface area contributed by atoms with Crippen LogP contribution in [-0.4, -0.2) is 23.5 Å². The van der Waals surface area contributed by atoms with E-state index in [4.69, 9.17) is 4.74 Å². The van der Waals surface area contributed by atoms with E-state index in [1.54, 1.807) is 6.07 Å². The van der Waals surface area contributed by atoms with Gasteiger partial charge in [-0.3, -0.25) is 9.78 Å². The fourth-order valence-electron chi connectivity index (χ4n) is 2.64. The maximum atomic E-state index is 12.4. The third-order valence-corrected chi connectivity index (χ3v) is 4.53. The number of aromatic nitrogens is 1. The van der Waals surface area contributed by atoms with E-state index in [1.165, 1.54) is 0 Å². The lowest BCUT2D eigenvalue weighted by Gasteiger charge is -2.10. The number of anilines is 1. The van der Waals surface area contributed by atoms with Crippen molar-refractivity contribution in [2.75, 3.05) is 11.9 Å². The van der Waals surface area contributed by atoms with Gasteiger partial charge in [0.15, 0.2) is 6.61 Å². The van der Waals surface area contributed by atoms with Gasteiger partial charge in [-0.15, -0.1) is 0 Å². The number of pyridine rings is 1. The fraction of sp³-hybridized carbons (Fsp3) is 0.150. The number of para-hydroxylation sites is 1. The number of esters is 1. The van der Waals surface area contributed by atoms with Crippen molar-refractivity contribution in [3.8, 4) is 0 Å². The molecule has 3 rings (SSSR count). The number of hydrogen-bond acceptors (Lipinski definition) is 4. The molecule has 26 heavy (non-hydrogen) atoms. The number of amides is 1. The Morgan fingerprint density at radius 1 is 1.12 bits per heavy atom. The Balaban J connectivity index is 1.70. The largest absolute Gasteiger partial charge is 0.452 e. The molecule has 1 N–H and O–H groups in total. The van der Waals surface area contributed by atoms with Crippen LogP contribution in [0.15, 0.2) is 48.5 Å². The van der Waals surface area contributed by atoms with Gasteiger partial charge in [0.05, 0.1) is 11.1 Å². The molecule has 0 saturated carbocycles. The van der Waals surface area contributed by atoms with Gasteiger partial charge in [0.1, 0.15) is 0 Å². The Morgan fingerprint density at radius 2 is 1.88 bits per heavy atom. The molecule has 0 aliphatic carbocycles. The van der Waals surface area contributed by atoms with Crippen molar-refractivity contribution in [2.45, 2.75) is 13.8 Å². The Kier molecular flexibility index (Phi) is 5.51. The van der Waals surface area contributed by atoms with Crippen molar-refractivity contribution >= 4 is 51.1 Å². The summed E-state index contributed by atoms with van der Waals surface area (Å²) in [5.41, 5.74) is 3.50. The van der Waals surface area contributed by atoms with Crippen LogP contribution in [0.5, 0.6) is 0 Å². The summed E-state index contributed by atoms with van der Waals surface area (Å²) in [6.45, 7) is 3.38. The average Bonchev–Trinajstić information content (AvgIpc) is 2.61. The average molecular weight is 460 g/mol. The van der Waals surface area contributed by atoms with Crippen molar-refractivity contribution in [3.05, 3.63) is 68.9 Å². The lowest BCUT2D eigenvalue weighted by molar-refractivity contribution is -0.119. The molecule has 0 bridgehead atoms. The summed E-state index contributed by atoms with van der Waals surface area (Å²) in [6.07, 6.45) is 0. The van der Waals surface area contributed by atoms with Crippen LogP contribution in [0.3, 0.4) is 0 Å². The second kappa shape index (κ2) is 7.82. The predicted molar refractivity (Wildman–Crippen MR) is 109 cm³/mol. The van der Waals surface area contributed by atoms with Gasteiger partial charge >= 0.3 is 5.97 Å². The molecule has 0 aliphatic heterocycles. The number of ether oxygens (including phenoxy) is 1. The van der Waals surface area contributed by atoms with E-state index >= 15 is 0 Å². The van der Waals surface area contributed by atoms with Crippen LogP contribution in [0, 0.1) is 17.4 Å². The van der Waals surface area contributed by atoms with Crippen LogP contribution in [0.4, 0.5) is 5.69 Å². The van der Waals surface area contributed by atoms with E-state index in [0.717, 1.165) is 20.3 Å². The van der Waals surface area contributed by atoms with Crippen LogP contribution < -0.4 is 5.32 Å². The van der Waals surface area contributed by atoms with Gasteiger partial charge in [-0.05, 0) is 72.3 Å². The predicted octanol–water partition coefficient (Wildman–Crippen LogP) is 4.25. The first-order valence-electron chi connectivity index (χ1n) is 8.03. The lowest BCUT2D eigenvalue weighted by Crippen LogP contribution is -2.21. The van der Waals surface area contributed by atoms with Crippen LogP contribution in [0.2, 0.25) is 0 Å². The monoisotopic (exact) mass is 460 g/mol. The van der Waals surface area contributed by atoms with Gasteiger partial charge in [0.25, 0.3) is 5.91 Å². The Labute approximate surface area is 164 Å². The summed E-state index contributed by atoms with van der Waals surface area (Å²) in [5, 5.41) is 3.47. The molecular formula is C20H17IN2O3. The number of rotatable bonds is 4. The molecule has 0 aliphatic rings. The second-order valence-corrected chi connectivity index (χ2v) is 7.16. The Morgan fingerprint density at radius 3 is 2.65 bits per heavy atom. The molecule has 6 heteroatoms. The third-order valence-electron chi connectivity index (χ3n) is 3.86. The van der Waals surface area contributed by atoms with Gasteiger partial charge in [-0.1, -0.05) is 18.2 Å². The summed E-state index contributed by atoms with van der Waals surface area (Å²) in [6, 6.07) is 14.7. The third kappa shape index (κ3) is 4.19. The van der Waals surface area contributed by atoms with Crippen molar-refractivity contribution in [1.82, 2.24) is 4.98 Å². The maximum Gasteiger partial charge on any atom is 0.339 e. The highest BCUT2D eigenvalue weighted by molar-refractivity contribution is 14.1. The summed E-state index contributed by atoms with van der Waals surface area (Å²) in [7, 11) is 0. The van der Waals surface area contributed by atoms with Crippen molar-refractivity contribution in [1.29, 1.82) is 0 Å². The number of nitrogens with one attached hydrogen (secondary N) is 1. The van der Waals surface area contributed by atoms with Gasteiger partial charge in [0.2, 0.25) is 0 Å². The van der Waals surface area contributed by atoms with E-state index in [-0.39, 0.29) is 12.5 Å². The smallest absolute Gasteiger partial charge is 0.339 e. The zero-order chi connectivity index (χ0) is 18.7. The Hall–Kier alpha value is -2.48. The van der Waals surface area contributed by atoms with Crippen LogP contribution >= 0.6 is 22.6 Å². The van der Waals surface area contributed by atoms with E-state index in [0.29, 0.717) is 16.6 Å². The highest BCUT2D eigenvalue weighted by atomic mass is 127. The maximum absolute atomic E-state index is 12.4. The number of nitrogens with zero attached hydrogens (tertiary/aromatic N) is 1. The molecule has 5 nitrogen and oxygen atoms in total. The molecule has 0 unspecified atom stereocenters. The summed E-state index contributed by atoms with van der Waals surface area (Å²) < 4.78 is 6.30. The quantitative estimate of drug-likeness (QED) is 0.467. The van der Waals surface area contributed by atoms with Gasteiger partial charge < -0.3 is 10.1 Å². The summed E-state index contributed by atoms with van der Waals surface area (Å²) in [4.78, 5) is 29.0. The molecule has 132 valence electrons. The Bertz CT molecular complexity index is 1000. The molecule has 0 radical (unpaired) electrons. The highest BCUT2D eigenvalue weighted by Crippen LogP contribution is 2.20. The van der Waals surface area contributed by atoms with Gasteiger partial charge in [-0.2, -0.15) is 0 Å². The van der Waals surface area contributed by atoms with E-state index in [9.17, 15) is 9.59 Å². The number of benzene rings is 2. The zero-order valence-corrected chi connectivity index (χ0v) is 16.5. The molecular weight excluding hydrogens is 443 g/mol. The van der Waals surface area contributed by atoms with Crippen LogP contribution in [-0.2, 0) is 9.53 Å². The molecule has 0 saturated heterocycles. The van der Waals surface area contributed by atoms with Crippen molar-refractivity contribution in [2.24, 2.45) is 0 Å². The van der Waals surface area contributed by atoms with Crippen molar-refractivity contribution in [3.63, 3.8) is 0 Å².